The number of sulfonamides is 1. The lowest BCUT2D eigenvalue weighted by Gasteiger charge is -2.27. The molecular formula is C15H25N3O4S. The van der Waals surface area contributed by atoms with Gasteiger partial charge in [-0.2, -0.15) is 0 Å². The van der Waals surface area contributed by atoms with Gasteiger partial charge in [0.05, 0.1) is 19.1 Å². The SMILES string of the molecule is COc1cc(C)c(S(=O)(=O)NCCN2CCNCC2)cc1OC. The first kappa shape index (κ1) is 18.0. The second-order valence-electron chi connectivity index (χ2n) is 5.46. The van der Waals surface area contributed by atoms with Crippen LogP contribution in [-0.4, -0.2) is 66.8 Å². The maximum absolute atomic E-state index is 12.5. The molecule has 0 unspecified atom stereocenters. The highest BCUT2D eigenvalue weighted by molar-refractivity contribution is 7.89. The van der Waals surface area contributed by atoms with Gasteiger partial charge in [0.25, 0.3) is 0 Å². The molecule has 2 rings (SSSR count). The molecule has 1 heterocycles. The number of piperazine rings is 1. The van der Waals surface area contributed by atoms with Crippen LogP contribution < -0.4 is 19.5 Å². The van der Waals surface area contributed by atoms with Gasteiger partial charge in [0.1, 0.15) is 0 Å². The van der Waals surface area contributed by atoms with Gasteiger partial charge in [0.15, 0.2) is 11.5 Å². The maximum atomic E-state index is 12.5. The van der Waals surface area contributed by atoms with E-state index in [0.29, 0.717) is 30.2 Å². The van der Waals surface area contributed by atoms with Gasteiger partial charge in [0, 0.05) is 45.3 Å². The van der Waals surface area contributed by atoms with Crippen molar-refractivity contribution in [2.75, 3.05) is 53.5 Å². The number of ether oxygens (including phenoxy) is 2. The lowest BCUT2D eigenvalue weighted by atomic mass is 10.2. The predicted octanol–water partition coefficient (Wildman–Crippen LogP) is 0.196. The fourth-order valence-corrected chi connectivity index (χ4v) is 3.86. The van der Waals surface area contributed by atoms with E-state index in [0.717, 1.165) is 26.2 Å². The second kappa shape index (κ2) is 7.96. The molecule has 1 aromatic carbocycles. The number of rotatable bonds is 7. The van der Waals surface area contributed by atoms with E-state index in [-0.39, 0.29) is 4.90 Å². The van der Waals surface area contributed by atoms with Crippen LogP contribution in [0.1, 0.15) is 5.56 Å². The number of benzene rings is 1. The highest BCUT2D eigenvalue weighted by Crippen LogP contribution is 2.32. The average Bonchev–Trinajstić information content (AvgIpc) is 2.55. The average molecular weight is 343 g/mol. The normalized spacial score (nSPS) is 16.3. The van der Waals surface area contributed by atoms with E-state index >= 15 is 0 Å². The minimum absolute atomic E-state index is 0.218. The smallest absolute Gasteiger partial charge is 0.241 e. The van der Waals surface area contributed by atoms with Gasteiger partial charge < -0.3 is 14.8 Å². The van der Waals surface area contributed by atoms with Gasteiger partial charge in [-0.3, -0.25) is 4.90 Å². The third kappa shape index (κ3) is 4.57. The van der Waals surface area contributed by atoms with Gasteiger partial charge in [-0.05, 0) is 18.6 Å². The molecule has 1 aromatic rings. The fourth-order valence-electron chi connectivity index (χ4n) is 2.60. The summed E-state index contributed by atoms with van der Waals surface area (Å²) in [6, 6.07) is 3.17. The standard InChI is InChI=1S/C15H25N3O4S/c1-12-10-13(21-2)14(22-3)11-15(12)23(19,20)17-6-9-18-7-4-16-5-8-18/h10-11,16-17H,4-9H2,1-3H3. The molecule has 1 aliphatic heterocycles. The molecular weight excluding hydrogens is 318 g/mol. The van der Waals surface area contributed by atoms with Crippen molar-refractivity contribution in [1.29, 1.82) is 0 Å². The molecule has 7 nitrogen and oxygen atoms in total. The Kier molecular flexibility index (Phi) is 6.23. The van der Waals surface area contributed by atoms with E-state index in [1.165, 1.54) is 20.3 Å². The number of nitrogens with zero attached hydrogens (tertiary/aromatic N) is 1. The second-order valence-corrected chi connectivity index (χ2v) is 7.20. The Hall–Kier alpha value is -1.35. The summed E-state index contributed by atoms with van der Waals surface area (Å²) in [5, 5.41) is 3.27. The number of nitrogens with one attached hydrogen (secondary N) is 2. The van der Waals surface area contributed by atoms with Crippen LogP contribution in [0.3, 0.4) is 0 Å². The number of methoxy groups -OCH3 is 2. The summed E-state index contributed by atoms with van der Waals surface area (Å²) in [4.78, 5) is 2.45. The number of hydrogen-bond donors (Lipinski definition) is 2. The topological polar surface area (TPSA) is 79.9 Å². The van der Waals surface area contributed by atoms with Crippen molar-refractivity contribution in [3.05, 3.63) is 17.7 Å². The zero-order valence-electron chi connectivity index (χ0n) is 13.9. The molecule has 23 heavy (non-hydrogen) atoms. The summed E-state index contributed by atoms with van der Waals surface area (Å²) in [7, 11) is -0.565. The van der Waals surface area contributed by atoms with Gasteiger partial charge in [-0.25, -0.2) is 13.1 Å². The molecule has 1 aliphatic rings. The molecule has 0 aromatic heterocycles. The predicted molar refractivity (Wildman–Crippen MR) is 88.8 cm³/mol. The van der Waals surface area contributed by atoms with Crippen LogP contribution in [-0.2, 0) is 10.0 Å². The Morgan fingerprint density at radius 1 is 1.17 bits per heavy atom. The van der Waals surface area contributed by atoms with Gasteiger partial charge in [0.2, 0.25) is 10.0 Å². The Morgan fingerprint density at radius 3 is 2.39 bits per heavy atom. The monoisotopic (exact) mass is 343 g/mol. The Morgan fingerprint density at radius 2 is 1.78 bits per heavy atom. The molecule has 8 heteroatoms. The third-order valence-corrected chi connectivity index (χ3v) is 5.50. The van der Waals surface area contributed by atoms with E-state index in [4.69, 9.17) is 9.47 Å². The summed E-state index contributed by atoms with van der Waals surface area (Å²) in [5.41, 5.74) is 0.623. The fraction of sp³-hybridized carbons (Fsp3) is 0.600. The minimum atomic E-state index is -3.58. The first-order chi connectivity index (χ1) is 11.0. The molecule has 1 saturated heterocycles. The van der Waals surface area contributed by atoms with Crippen molar-refractivity contribution in [3.63, 3.8) is 0 Å². The van der Waals surface area contributed by atoms with Crippen LogP contribution in [0, 0.1) is 6.92 Å². The summed E-state index contributed by atoms with van der Waals surface area (Å²) in [5.74, 6) is 0.922. The van der Waals surface area contributed by atoms with E-state index in [1.807, 2.05) is 0 Å². The van der Waals surface area contributed by atoms with Crippen molar-refractivity contribution < 1.29 is 17.9 Å². The Balaban J connectivity index is 2.06. The minimum Gasteiger partial charge on any atom is -0.493 e. The number of aryl methyl sites for hydroxylation is 1. The molecule has 0 radical (unpaired) electrons. The quantitative estimate of drug-likeness (QED) is 0.736. The van der Waals surface area contributed by atoms with Crippen LogP contribution in [0.5, 0.6) is 11.5 Å². The van der Waals surface area contributed by atoms with Gasteiger partial charge >= 0.3 is 0 Å². The first-order valence-corrected chi connectivity index (χ1v) is 9.11. The van der Waals surface area contributed by atoms with Crippen molar-refractivity contribution in [1.82, 2.24) is 14.9 Å². The summed E-state index contributed by atoms with van der Waals surface area (Å²) in [6.07, 6.45) is 0. The molecule has 0 amide bonds. The molecule has 1 fully saturated rings. The Bertz CT molecular complexity index is 628. The lowest BCUT2D eigenvalue weighted by molar-refractivity contribution is 0.245. The van der Waals surface area contributed by atoms with Crippen LogP contribution in [0.2, 0.25) is 0 Å². The van der Waals surface area contributed by atoms with Gasteiger partial charge in [-0.15, -0.1) is 0 Å². The molecule has 0 aliphatic carbocycles. The van der Waals surface area contributed by atoms with Gasteiger partial charge in [-0.1, -0.05) is 0 Å². The van der Waals surface area contributed by atoms with Crippen molar-refractivity contribution in [2.24, 2.45) is 0 Å². The van der Waals surface area contributed by atoms with Crippen molar-refractivity contribution in [3.8, 4) is 11.5 Å². The maximum Gasteiger partial charge on any atom is 0.241 e. The largest absolute Gasteiger partial charge is 0.493 e. The molecule has 130 valence electrons. The first-order valence-electron chi connectivity index (χ1n) is 7.63. The van der Waals surface area contributed by atoms with E-state index < -0.39 is 10.0 Å². The zero-order chi connectivity index (χ0) is 16.9. The molecule has 2 N–H and O–H groups in total. The summed E-state index contributed by atoms with van der Waals surface area (Å²) >= 11 is 0. The summed E-state index contributed by atoms with van der Waals surface area (Å²) in [6.45, 7) is 6.60. The zero-order valence-corrected chi connectivity index (χ0v) is 14.7. The molecule has 0 bridgehead atoms. The lowest BCUT2D eigenvalue weighted by Crippen LogP contribution is -2.46. The van der Waals surface area contributed by atoms with Crippen LogP contribution >= 0.6 is 0 Å². The Labute approximate surface area is 138 Å². The summed E-state index contributed by atoms with van der Waals surface area (Å²) < 4.78 is 38.1. The molecule has 0 saturated carbocycles. The van der Waals surface area contributed by atoms with E-state index in [2.05, 4.69) is 14.9 Å². The third-order valence-electron chi connectivity index (χ3n) is 3.90. The number of hydrogen-bond acceptors (Lipinski definition) is 6. The van der Waals surface area contributed by atoms with Crippen molar-refractivity contribution >= 4 is 10.0 Å². The van der Waals surface area contributed by atoms with E-state index in [9.17, 15) is 8.42 Å². The molecule has 0 atom stereocenters. The highest BCUT2D eigenvalue weighted by Gasteiger charge is 2.20. The van der Waals surface area contributed by atoms with Crippen LogP contribution in [0.4, 0.5) is 0 Å². The highest BCUT2D eigenvalue weighted by atomic mass is 32.2. The molecule has 0 spiro atoms. The van der Waals surface area contributed by atoms with Crippen LogP contribution in [0.25, 0.3) is 0 Å². The van der Waals surface area contributed by atoms with Crippen molar-refractivity contribution in [2.45, 2.75) is 11.8 Å². The van der Waals surface area contributed by atoms with E-state index in [1.54, 1.807) is 13.0 Å². The van der Waals surface area contributed by atoms with Crippen LogP contribution in [0.15, 0.2) is 17.0 Å².